The minimum Gasteiger partial charge on any atom is -0.338 e. The van der Waals surface area contributed by atoms with Crippen molar-refractivity contribution in [1.29, 1.82) is 0 Å². The van der Waals surface area contributed by atoms with E-state index in [2.05, 4.69) is 37.1 Å². The number of aryl methyl sites for hydroxylation is 1. The molecule has 1 amide bonds. The molecule has 4 aromatic rings. The number of pyridine rings is 1. The van der Waals surface area contributed by atoms with Gasteiger partial charge in [0.05, 0.1) is 18.6 Å². The zero-order valence-corrected chi connectivity index (χ0v) is 21.3. The molecule has 1 saturated heterocycles. The van der Waals surface area contributed by atoms with Crippen LogP contribution in [0.5, 0.6) is 0 Å². The van der Waals surface area contributed by atoms with E-state index in [1.807, 2.05) is 0 Å². The SMILES string of the molecule is CC(=O)Cn1c(=O)c2c(ncn2CC(=O)Nc2cccc(-c3cnc(N4CCC[C@H]4C)nc3)n2)n(C)c1=O. The molecule has 4 aromatic heterocycles. The molecule has 1 N–H and O–H groups in total. The van der Waals surface area contributed by atoms with E-state index in [9.17, 15) is 19.2 Å². The van der Waals surface area contributed by atoms with Gasteiger partial charge in [-0.2, -0.15) is 0 Å². The Hall–Kier alpha value is -4.68. The Morgan fingerprint density at radius 3 is 2.55 bits per heavy atom. The molecule has 38 heavy (non-hydrogen) atoms. The molecule has 0 aromatic carbocycles. The van der Waals surface area contributed by atoms with Crippen LogP contribution in [0.4, 0.5) is 11.8 Å². The van der Waals surface area contributed by atoms with Crippen molar-refractivity contribution >= 4 is 34.6 Å². The number of nitrogens with zero attached hydrogens (tertiary/aromatic N) is 8. The van der Waals surface area contributed by atoms with Gasteiger partial charge >= 0.3 is 5.69 Å². The Bertz CT molecular complexity index is 1650. The average Bonchev–Trinajstić information content (AvgIpc) is 3.51. The Balaban J connectivity index is 1.35. The molecule has 0 unspecified atom stereocenters. The van der Waals surface area contributed by atoms with Crippen LogP contribution < -0.4 is 21.5 Å². The average molecular weight is 518 g/mol. The van der Waals surface area contributed by atoms with Gasteiger partial charge < -0.3 is 14.8 Å². The first kappa shape index (κ1) is 25.0. The summed E-state index contributed by atoms with van der Waals surface area (Å²) in [5, 5.41) is 2.73. The lowest BCUT2D eigenvalue weighted by molar-refractivity contribution is -0.118. The van der Waals surface area contributed by atoms with E-state index in [0.29, 0.717) is 29.1 Å². The molecule has 1 atom stereocenters. The molecule has 1 fully saturated rings. The lowest BCUT2D eigenvalue weighted by Gasteiger charge is -2.20. The number of ketones is 1. The predicted octanol–water partition coefficient (Wildman–Crippen LogP) is 0.965. The number of Topliss-reactive ketones (excluding diaryl/α,β-unsaturated/α-hetero) is 1. The Morgan fingerprint density at radius 1 is 1.11 bits per heavy atom. The summed E-state index contributed by atoms with van der Waals surface area (Å²) in [5.41, 5.74) is 0.147. The van der Waals surface area contributed by atoms with E-state index in [1.165, 1.54) is 29.4 Å². The molecule has 0 spiro atoms. The highest BCUT2D eigenvalue weighted by molar-refractivity contribution is 5.90. The summed E-state index contributed by atoms with van der Waals surface area (Å²) in [6.07, 6.45) is 6.99. The molecular weight excluding hydrogens is 490 g/mol. The molecule has 196 valence electrons. The number of carbonyl (C=O) groups excluding carboxylic acids is 2. The van der Waals surface area contributed by atoms with Gasteiger partial charge in [-0.05, 0) is 38.8 Å². The van der Waals surface area contributed by atoms with Crippen LogP contribution in [0.3, 0.4) is 0 Å². The van der Waals surface area contributed by atoms with E-state index < -0.39 is 17.2 Å². The largest absolute Gasteiger partial charge is 0.338 e. The number of fused-ring (bicyclic) bond motifs is 1. The van der Waals surface area contributed by atoms with Gasteiger partial charge in [-0.15, -0.1) is 0 Å². The van der Waals surface area contributed by atoms with Crippen LogP contribution in [-0.4, -0.2) is 57.9 Å². The molecule has 0 aliphatic carbocycles. The molecule has 5 heterocycles. The monoisotopic (exact) mass is 517 g/mol. The Labute approximate surface area is 216 Å². The number of carbonyl (C=O) groups is 2. The zero-order valence-electron chi connectivity index (χ0n) is 21.3. The van der Waals surface area contributed by atoms with Crippen molar-refractivity contribution in [1.82, 2.24) is 33.6 Å². The van der Waals surface area contributed by atoms with Crippen molar-refractivity contribution in [2.45, 2.75) is 45.8 Å². The lowest BCUT2D eigenvalue weighted by atomic mass is 10.2. The van der Waals surface area contributed by atoms with E-state index in [4.69, 9.17) is 0 Å². The first-order valence-corrected chi connectivity index (χ1v) is 12.2. The van der Waals surface area contributed by atoms with Crippen LogP contribution in [-0.2, 0) is 29.7 Å². The maximum absolute atomic E-state index is 13.0. The quantitative estimate of drug-likeness (QED) is 0.378. The number of hydrogen-bond donors (Lipinski definition) is 1. The maximum Gasteiger partial charge on any atom is 0.332 e. The van der Waals surface area contributed by atoms with Crippen molar-refractivity contribution in [3.8, 4) is 11.3 Å². The van der Waals surface area contributed by atoms with Crippen molar-refractivity contribution in [3.63, 3.8) is 0 Å². The number of rotatable bonds is 7. The third kappa shape index (κ3) is 4.69. The van der Waals surface area contributed by atoms with Crippen LogP contribution in [0, 0.1) is 0 Å². The second kappa shape index (κ2) is 10.00. The fraction of sp³-hybridized carbons (Fsp3) is 0.360. The highest BCUT2D eigenvalue weighted by Crippen LogP contribution is 2.24. The normalized spacial score (nSPS) is 15.2. The highest BCUT2D eigenvalue weighted by Gasteiger charge is 2.23. The number of hydrogen-bond acceptors (Lipinski definition) is 9. The first-order chi connectivity index (χ1) is 18.2. The fourth-order valence-electron chi connectivity index (χ4n) is 4.64. The number of amides is 1. The van der Waals surface area contributed by atoms with Crippen molar-refractivity contribution in [2.75, 3.05) is 16.8 Å². The first-order valence-electron chi connectivity index (χ1n) is 12.2. The Kier molecular flexibility index (Phi) is 6.57. The van der Waals surface area contributed by atoms with Crippen LogP contribution in [0.1, 0.15) is 26.7 Å². The van der Waals surface area contributed by atoms with Gasteiger partial charge in [-0.25, -0.2) is 24.7 Å². The number of imidazole rings is 1. The summed E-state index contributed by atoms with van der Waals surface area (Å²) in [5.74, 6) is 0.213. The number of nitrogens with one attached hydrogen (secondary N) is 1. The van der Waals surface area contributed by atoms with Crippen molar-refractivity contribution < 1.29 is 9.59 Å². The zero-order chi connectivity index (χ0) is 27.0. The smallest absolute Gasteiger partial charge is 0.332 e. The van der Waals surface area contributed by atoms with E-state index in [0.717, 1.165) is 24.0 Å². The molecule has 13 nitrogen and oxygen atoms in total. The molecule has 5 rings (SSSR count). The summed E-state index contributed by atoms with van der Waals surface area (Å²) in [4.78, 5) is 69.7. The van der Waals surface area contributed by atoms with Crippen molar-refractivity contribution in [2.24, 2.45) is 7.05 Å². The van der Waals surface area contributed by atoms with Gasteiger partial charge in [0.25, 0.3) is 5.56 Å². The minimum atomic E-state index is -0.685. The van der Waals surface area contributed by atoms with Crippen LogP contribution in [0.25, 0.3) is 22.4 Å². The molecular formula is C25H27N9O4. The van der Waals surface area contributed by atoms with E-state index in [-0.39, 0.29) is 30.0 Å². The standard InChI is InChI=1S/C25H27N9O4/c1-15-6-5-9-33(15)24-26-10-17(11-27-24)18-7-4-8-19(29-18)30-20(36)13-32-14-28-22-21(32)23(37)34(12-16(2)35)25(38)31(22)3/h4,7-8,10-11,14-15H,5-6,9,12-13H2,1-3H3,(H,29,30,36)/t15-/m1/s1. The van der Waals surface area contributed by atoms with Gasteiger partial charge in [0.2, 0.25) is 11.9 Å². The molecule has 1 aliphatic heterocycles. The summed E-state index contributed by atoms with van der Waals surface area (Å²) >= 11 is 0. The third-order valence-electron chi connectivity index (χ3n) is 6.56. The topological polar surface area (TPSA) is 150 Å². The summed E-state index contributed by atoms with van der Waals surface area (Å²) in [6, 6.07) is 5.62. The summed E-state index contributed by atoms with van der Waals surface area (Å²) in [7, 11) is 1.45. The molecule has 13 heteroatoms. The van der Waals surface area contributed by atoms with E-state index >= 15 is 0 Å². The lowest BCUT2D eigenvalue weighted by Crippen LogP contribution is -2.41. The van der Waals surface area contributed by atoms with Gasteiger partial charge in [0.1, 0.15) is 18.1 Å². The number of aromatic nitrogens is 7. The maximum atomic E-state index is 13.0. The third-order valence-corrected chi connectivity index (χ3v) is 6.56. The van der Waals surface area contributed by atoms with Crippen molar-refractivity contribution in [3.05, 3.63) is 57.8 Å². The highest BCUT2D eigenvalue weighted by atomic mass is 16.2. The summed E-state index contributed by atoms with van der Waals surface area (Å²) < 4.78 is 3.36. The molecule has 0 radical (unpaired) electrons. The second-order valence-electron chi connectivity index (χ2n) is 9.39. The van der Waals surface area contributed by atoms with Gasteiger partial charge in [-0.1, -0.05) is 6.07 Å². The van der Waals surface area contributed by atoms with Crippen LogP contribution in [0.2, 0.25) is 0 Å². The van der Waals surface area contributed by atoms with Gasteiger partial charge in [0.15, 0.2) is 11.2 Å². The minimum absolute atomic E-state index is 0.0507. The van der Waals surface area contributed by atoms with Crippen LogP contribution in [0.15, 0.2) is 46.5 Å². The predicted molar refractivity (Wildman–Crippen MR) is 140 cm³/mol. The Morgan fingerprint density at radius 2 is 1.87 bits per heavy atom. The number of anilines is 2. The molecule has 0 saturated carbocycles. The van der Waals surface area contributed by atoms with E-state index in [1.54, 1.807) is 30.6 Å². The molecule has 0 bridgehead atoms. The summed E-state index contributed by atoms with van der Waals surface area (Å²) in [6.45, 7) is 3.77. The second-order valence-corrected chi connectivity index (χ2v) is 9.39. The van der Waals surface area contributed by atoms with Gasteiger partial charge in [0, 0.05) is 37.6 Å². The fourth-order valence-corrected chi connectivity index (χ4v) is 4.64. The van der Waals surface area contributed by atoms with Gasteiger partial charge in [-0.3, -0.25) is 23.5 Å². The van der Waals surface area contributed by atoms with Crippen LogP contribution >= 0.6 is 0 Å². The molecule has 1 aliphatic rings.